The van der Waals surface area contributed by atoms with Crippen molar-refractivity contribution in [3.05, 3.63) is 58.1 Å². The average molecular weight is 394 g/mol. The molecule has 0 aliphatic carbocycles. The molecule has 26 heavy (non-hydrogen) atoms. The van der Waals surface area contributed by atoms with E-state index in [0.717, 1.165) is 11.1 Å². The molecule has 0 saturated heterocycles. The lowest BCUT2D eigenvalue weighted by molar-refractivity contribution is -0.113. The second-order valence-corrected chi connectivity index (χ2v) is 6.93. The van der Waals surface area contributed by atoms with E-state index in [2.05, 4.69) is 5.32 Å². The molecule has 7 heteroatoms. The number of thioether (sulfide) groups is 1. The van der Waals surface area contributed by atoms with Crippen LogP contribution in [0.1, 0.15) is 21.5 Å². The summed E-state index contributed by atoms with van der Waals surface area (Å²) < 4.78 is 9.96. The topological polar surface area (TPSA) is 64.6 Å². The third-order valence-electron chi connectivity index (χ3n) is 3.60. The van der Waals surface area contributed by atoms with Gasteiger partial charge in [0, 0.05) is 16.8 Å². The zero-order valence-electron chi connectivity index (χ0n) is 14.8. The van der Waals surface area contributed by atoms with Crippen molar-refractivity contribution in [3.63, 3.8) is 0 Å². The number of ether oxygens (including phenoxy) is 2. The van der Waals surface area contributed by atoms with Gasteiger partial charge in [0.15, 0.2) is 0 Å². The van der Waals surface area contributed by atoms with Crippen molar-refractivity contribution in [3.8, 4) is 5.75 Å². The van der Waals surface area contributed by atoms with Crippen LogP contribution in [-0.2, 0) is 15.3 Å². The second kappa shape index (κ2) is 9.50. The van der Waals surface area contributed by atoms with E-state index in [1.807, 2.05) is 13.0 Å². The molecule has 0 aliphatic heterocycles. The number of amides is 1. The summed E-state index contributed by atoms with van der Waals surface area (Å²) in [5, 5.41) is 3.42. The summed E-state index contributed by atoms with van der Waals surface area (Å²) in [6, 6.07) is 10.6. The molecule has 5 nitrogen and oxygen atoms in total. The number of anilines is 1. The Labute approximate surface area is 162 Å². The van der Waals surface area contributed by atoms with E-state index in [9.17, 15) is 9.59 Å². The Bertz CT molecular complexity index is 810. The zero-order chi connectivity index (χ0) is 19.1. The average Bonchev–Trinajstić information content (AvgIpc) is 2.64. The van der Waals surface area contributed by atoms with Crippen LogP contribution in [0.25, 0.3) is 0 Å². The number of esters is 1. The van der Waals surface area contributed by atoms with Gasteiger partial charge in [0.1, 0.15) is 5.75 Å². The normalized spacial score (nSPS) is 10.3. The SMILES string of the molecule is COC(=O)c1cccc(CSCC(=O)Nc2cc(C)c(Cl)cc2OC)c1. The van der Waals surface area contributed by atoms with Crippen LogP contribution in [-0.4, -0.2) is 31.8 Å². The smallest absolute Gasteiger partial charge is 0.337 e. The highest BCUT2D eigenvalue weighted by atomic mass is 35.5. The van der Waals surface area contributed by atoms with Gasteiger partial charge < -0.3 is 14.8 Å². The lowest BCUT2D eigenvalue weighted by Gasteiger charge is -2.12. The fraction of sp³-hybridized carbons (Fsp3) is 0.263. The zero-order valence-corrected chi connectivity index (χ0v) is 16.4. The van der Waals surface area contributed by atoms with Crippen molar-refractivity contribution in [2.24, 2.45) is 0 Å². The first-order valence-electron chi connectivity index (χ1n) is 7.83. The number of nitrogens with one attached hydrogen (secondary N) is 1. The number of carbonyl (C=O) groups is 2. The van der Waals surface area contributed by atoms with Gasteiger partial charge in [-0.05, 0) is 36.2 Å². The summed E-state index contributed by atoms with van der Waals surface area (Å²) in [7, 11) is 2.88. The highest BCUT2D eigenvalue weighted by Crippen LogP contribution is 2.31. The summed E-state index contributed by atoms with van der Waals surface area (Å²) in [6.07, 6.45) is 0. The molecular weight excluding hydrogens is 374 g/mol. The van der Waals surface area contributed by atoms with Crippen molar-refractivity contribution < 1.29 is 19.1 Å². The highest BCUT2D eigenvalue weighted by Gasteiger charge is 2.11. The Balaban J connectivity index is 1.92. The van der Waals surface area contributed by atoms with Gasteiger partial charge in [-0.25, -0.2) is 4.79 Å². The van der Waals surface area contributed by atoms with E-state index in [1.165, 1.54) is 26.0 Å². The Morgan fingerprint density at radius 2 is 1.96 bits per heavy atom. The molecule has 0 unspecified atom stereocenters. The lowest BCUT2D eigenvalue weighted by Crippen LogP contribution is -2.15. The molecule has 0 bridgehead atoms. The number of aryl methyl sites for hydroxylation is 1. The van der Waals surface area contributed by atoms with E-state index < -0.39 is 0 Å². The molecule has 1 N–H and O–H groups in total. The van der Waals surface area contributed by atoms with E-state index >= 15 is 0 Å². The van der Waals surface area contributed by atoms with Crippen molar-refractivity contribution in [1.82, 2.24) is 0 Å². The molecule has 0 radical (unpaired) electrons. The summed E-state index contributed by atoms with van der Waals surface area (Å²) in [6.45, 7) is 1.86. The van der Waals surface area contributed by atoms with E-state index in [-0.39, 0.29) is 17.6 Å². The molecule has 1 amide bonds. The quantitative estimate of drug-likeness (QED) is 0.710. The molecule has 0 fully saturated rings. The Morgan fingerprint density at radius 1 is 1.19 bits per heavy atom. The first-order chi connectivity index (χ1) is 12.4. The number of halogens is 1. The third-order valence-corrected chi connectivity index (χ3v) is 5.02. The van der Waals surface area contributed by atoms with Crippen LogP contribution in [0.15, 0.2) is 36.4 Å². The van der Waals surface area contributed by atoms with E-state index in [1.54, 1.807) is 30.3 Å². The summed E-state index contributed by atoms with van der Waals surface area (Å²) in [4.78, 5) is 23.7. The van der Waals surface area contributed by atoms with Crippen LogP contribution in [0, 0.1) is 6.92 Å². The Hall–Kier alpha value is -2.18. The van der Waals surface area contributed by atoms with Crippen LogP contribution in [0.5, 0.6) is 5.75 Å². The number of carbonyl (C=O) groups excluding carboxylic acids is 2. The van der Waals surface area contributed by atoms with Crippen LogP contribution in [0.3, 0.4) is 0 Å². The lowest BCUT2D eigenvalue weighted by atomic mass is 10.1. The van der Waals surface area contributed by atoms with Gasteiger partial charge in [-0.3, -0.25) is 4.79 Å². The number of hydrogen-bond acceptors (Lipinski definition) is 5. The summed E-state index contributed by atoms with van der Waals surface area (Å²) in [5.74, 6) is 0.881. The van der Waals surface area contributed by atoms with Gasteiger partial charge in [0.05, 0.1) is 31.2 Å². The minimum atomic E-state index is -0.375. The number of methoxy groups -OCH3 is 2. The van der Waals surface area contributed by atoms with Gasteiger partial charge in [-0.2, -0.15) is 0 Å². The summed E-state index contributed by atoms with van der Waals surface area (Å²) in [5.41, 5.74) is 2.89. The molecule has 2 rings (SSSR count). The monoisotopic (exact) mass is 393 g/mol. The van der Waals surface area contributed by atoms with Gasteiger partial charge in [-0.1, -0.05) is 23.7 Å². The van der Waals surface area contributed by atoms with Crippen LogP contribution < -0.4 is 10.1 Å². The fourth-order valence-electron chi connectivity index (χ4n) is 2.28. The molecule has 0 aromatic heterocycles. The molecule has 0 aliphatic rings. The predicted octanol–water partition coefficient (Wildman–Crippen LogP) is 4.32. The third kappa shape index (κ3) is 5.41. The van der Waals surface area contributed by atoms with E-state index in [0.29, 0.717) is 27.8 Å². The maximum Gasteiger partial charge on any atom is 0.337 e. The highest BCUT2D eigenvalue weighted by molar-refractivity contribution is 7.99. The van der Waals surface area contributed by atoms with Crippen LogP contribution >= 0.6 is 23.4 Å². The molecular formula is C19H20ClNO4S. The second-order valence-electron chi connectivity index (χ2n) is 5.53. The van der Waals surface area contributed by atoms with Gasteiger partial charge in [0.25, 0.3) is 0 Å². The van der Waals surface area contributed by atoms with E-state index in [4.69, 9.17) is 21.1 Å². The molecule has 0 spiro atoms. The van der Waals surface area contributed by atoms with Crippen molar-refractivity contribution in [2.75, 3.05) is 25.3 Å². The fourth-order valence-corrected chi connectivity index (χ4v) is 3.21. The van der Waals surface area contributed by atoms with Gasteiger partial charge in [0.2, 0.25) is 5.91 Å². The number of benzene rings is 2. The molecule has 2 aromatic carbocycles. The molecule has 2 aromatic rings. The molecule has 138 valence electrons. The maximum absolute atomic E-state index is 12.2. The first kappa shape index (κ1) is 20.1. The number of rotatable bonds is 7. The van der Waals surface area contributed by atoms with Crippen LogP contribution in [0.4, 0.5) is 5.69 Å². The first-order valence-corrected chi connectivity index (χ1v) is 9.37. The Kier molecular flexibility index (Phi) is 7.36. The minimum absolute atomic E-state index is 0.140. The van der Waals surface area contributed by atoms with Gasteiger partial charge >= 0.3 is 5.97 Å². The van der Waals surface area contributed by atoms with Crippen molar-refractivity contribution in [1.29, 1.82) is 0 Å². The number of hydrogen-bond donors (Lipinski definition) is 1. The largest absolute Gasteiger partial charge is 0.495 e. The minimum Gasteiger partial charge on any atom is -0.495 e. The standard InChI is InChI=1S/C19H20ClNO4S/c1-12-7-16(17(24-2)9-15(12)20)21-18(22)11-26-10-13-5-4-6-14(8-13)19(23)25-3/h4-9H,10-11H2,1-3H3,(H,21,22). The predicted molar refractivity (Wildman–Crippen MR) is 105 cm³/mol. The van der Waals surface area contributed by atoms with Crippen LogP contribution in [0.2, 0.25) is 5.02 Å². The maximum atomic E-state index is 12.2. The Morgan fingerprint density at radius 3 is 2.65 bits per heavy atom. The molecule has 0 saturated carbocycles. The van der Waals surface area contributed by atoms with Gasteiger partial charge in [-0.15, -0.1) is 11.8 Å². The molecule has 0 atom stereocenters. The summed E-state index contributed by atoms with van der Waals surface area (Å²) >= 11 is 7.52. The van der Waals surface area contributed by atoms with Crippen molar-refractivity contribution in [2.45, 2.75) is 12.7 Å². The van der Waals surface area contributed by atoms with Crippen molar-refractivity contribution >= 4 is 40.9 Å². The molecule has 0 heterocycles.